The van der Waals surface area contributed by atoms with E-state index >= 15 is 0 Å². The van der Waals surface area contributed by atoms with Crippen LogP contribution < -0.4 is 15.2 Å². The van der Waals surface area contributed by atoms with Gasteiger partial charge in [-0.2, -0.15) is 0 Å². The molecule has 5 nitrogen and oxygen atoms in total. The Labute approximate surface area is 147 Å². The minimum Gasteiger partial charge on any atom is -0.493 e. The molecule has 1 atom stereocenters. The van der Waals surface area contributed by atoms with Crippen LogP contribution in [0.1, 0.15) is 31.9 Å². The fourth-order valence-corrected chi connectivity index (χ4v) is 3.18. The molecule has 2 aliphatic heterocycles. The van der Waals surface area contributed by atoms with E-state index in [-0.39, 0.29) is 11.4 Å². The summed E-state index contributed by atoms with van der Waals surface area (Å²) in [5.74, 6) is 2.32. The molecule has 0 aromatic heterocycles. The number of hydrogen-bond donors (Lipinski definition) is 1. The third-order valence-corrected chi connectivity index (χ3v) is 4.35. The standard InChI is InChI=1S/C20H22N2O3/c1-19(2,3)11-23-13-8-9-17-15(10-13)20(12-24-18(21)22-20)14-6-4-5-7-16(14)25-17/h4-10H,11-12H2,1-3H3,(H2,21,22). The molecule has 0 amide bonds. The molecule has 1 unspecified atom stereocenters. The van der Waals surface area contributed by atoms with Gasteiger partial charge >= 0.3 is 0 Å². The Balaban J connectivity index is 1.81. The minimum absolute atomic E-state index is 0.0791. The van der Waals surface area contributed by atoms with Crippen LogP contribution in [0, 0.1) is 5.41 Å². The van der Waals surface area contributed by atoms with Gasteiger partial charge in [0, 0.05) is 11.1 Å². The lowest BCUT2D eigenvalue weighted by molar-refractivity contribution is 0.197. The van der Waals surface area contributed by atoms with E-state index in [9.17, 15) is 0 Å². The molecule has 4 rings (SSSR count). The van der Waals surface area contributed by atoms with E-state index in [2.05, 4.69) is 25.8 Å². The molecule has 1 spiro atoms. The zero-order chi connectivity index (χ0) is 17.7. The third kappa shape index (κ3) is 2.69. The first-order chi connectivity index (χ1) is 11.9. The average Bonchev–Trinajstić information content (AvgIpc) is 2.96. The van der Waals surface area contributed by atoms with E-state index in [4.69, 9.17) is 19.9 Å². The summed E-state index contributed by atoms with van der Waals surface area (Å²) in [5, 5.41) is 0. The van der Waals surface area contributed by atoms with Crippen LogP contribution in [0.15, 0.2) is 47.5 Å². The minimum atomic E-state index is -0.685. The fourth-order valence-electron chi connectivity index (χ4n) is 3.18. The summed E-state index contributed by atoms with van der Waals surface area (Å²) in [6, 6.07) is 13.9. The molecule has 0 saturated carbocycles. The molecule has 130 valence electrons. The maximum absolute atomic E-state index is 6.08. The van der Waals surface area contributed by atoms with E-state index in [1.54, 1.807) is 0 Å². The first kappa shape index (κ1) is 15.8. The highest BCUT2D eigenvalue weighted by Crippen LogP contribution is 2.51. The molecule has 5 heteroatoms. The summed E-state index contributed by atoms with van der Waals surface area (Å²) in [6.45, 7) is 7.40. The predicted octanol–water partition coefficient (Wildman–Crippen LogP) is 3.81. The van der Waals surface area contributed by atoms with Gasteiger partial charge in [0.15, 0.2) is 5.54 Å². The van der Waals surface area contributed by atoms with Crippen LogP contribution in [0.4, 0.5) is 0 Å². The number of fused-ring (bicyclic) bond motifs is 4. The number of para-hydroxylation sites is 1. The van der Waals surface area contributed by atoms with Gasteiger partial charge in [-0.15, -0.1) is 0 Å². The van der Waals surface area contributed by atoms with E-state index in [1.807, 2.05) is 42.5 Å². The van der Waals surface area contributed by atoms with Crippen molar-refractivity contribution in [2.45, 2.75) is 26.3 Å². The molecule has 2 heterocycles. The van der Waals surface area contributed by atoms with Crippen molar-refractivity contribution in [2.24, 2.45) is 16.1 Å². The second kappa shape index (κ2) is 5.41. The largest absolute Gasteiger partial charge is 0.493 e. The Kier molecular flexibility index (Phi) is 3.42. The molecule has 0 radical (unpaired) electrons. The number of rotatable bonds is 2. The van der Waals surface area contributed by atoms with Crippen molar-refractivity contribution in [1.82, 2.24) is 0 Å². The normalized spacial score (nSPS) is 21.0. The maximum atomic E-state index is 6.08. The second-order valence-corrected chi connectivity index (χ2v) is 7.70. The zero-order valence-corrected chi connectivity index (χ0v) is 14.7. The highest BCUT2D eigenvalue weighted by molar-refractivity contribution is 5.76. The molecule has 0 bridgehead atoms. The summed E-state index contributed by atoms with van der Waals surface area (Å²) in [4.78, 5) is 4.65. The molecular formula is C20H22N2O3. The summed E-state index contributed by atoms with van der Waals surface area (Å²) < 4.78 is 17.6. The van der Waals surface area contributed by atoms with Crippen molar-refractivity contribution < 1.29 is 14.2 Å². The van der Waals surface area contributed by atoms with Crippen molar-refractivity contribution >= 4 is 6.02 Å². The Morgan fingerprint density at radius 2 is 1.88 bits per heavy atom. The first-order valence-electron chi connectivity index (χ1n) is 8.40. The van der Waals surface area contributed by atoms with Crippen molar-refractivity contribution in [3.63, 3.8) is 0 Å². The lowest BCUT2D eigenvalue weighted by Gasteiger charge is -2.33. The van der Waals surface area contributed by atoms with E-state index < -0.39 is 5.54 Å². The number of hydrogen-bond acceptors (Lipinski definition) is 5. The van der Waals surface area contributed by atoms with Crippen molar-refractivity contribution in [3.05, 3.63) is 53.6 Å². The first-order valence-corrected chi connectivity index (χ1v) is 8.40. The maximum Gasteiger partial charge on any atom is 0.283 e. The molecule has 0 fully saturated rings. The summed E-state index contributed by atoms with van der Waals surface area (Å²) >= 11 is 0. The highest BCUT2D eigenvalue weighted by Gasteiger charge is 2.46. The van der Waals surface area contributed by atoms with Crippen molar-refractivity contribution in [2.75, 3.05) is 13.2 Å². The molecule has 2 N–H and O–H groups in total. The quantitative estimate of drug-likeness (QED) is 0.904. The average molecular weight is 338 g/mol. The molecule has 0 saturated heterocycles. The fraction of sp³-hybridized carbons (Fsp3) is 0.350. The monoisotopic (exact) mass is 338 g/mol. The molecule has 2 aromatic carbocycles. The number of aliphatic imine (C=N–C) groups is 1. The lowest BCUT2D eigenvalue weighted by Crippen LogP contribution is -2.31. The van der Waals surface area contributed by atoms with Crippen LogP contribution in [0.3, 0.4) is 0 Å². The van der Waals surface area contributed by atoms with Crippen LogP contribution >= 0.6 is 0 Å². The van der Waals surface area contributed by atoms with Crippen molar-refractivity contribution in [1.29, 1.82) is 0 Å². The Morgan fingerprint density at radius 1 is 1.12 bits per heavy atom. The number of nitrogens with two attached hydrogens (primary N) is 1. The van der Waals surface area contributed by atoms with Gasteiger partial charge in [0.1, 0.15) is 23.9 Å². The molecule has 2 aromatic rings. The molecule has 2 aliphatic rings. The van der Waals surface area contributed by atoms with Crippen LogP contribution in [0.2, 0.25) is 0 Å². The topological polar surface area (TPSA) is 66.1 Å². The van der Waals surface area contributed by atoms with E-state index in [0.29, 0.717) is 13.2 Å². The van der Waals surface area contributed by atoms with Gasteiger partial charge in [0.2, 0.25) is 0 Å². The smallest absolute Gasteiger partial charge is 0.283 e. The number of ether oxygens (including phenoxy) is 3. The van der Waals surface area contributed by atoms with Crippen LogP contribution in [0.5, 0.6) is 17.2 Å². The number of benzene rings is 2. The second-order valence-electron chi connectivity index (χ2n) is 7.70. The Hall–Kier alpha value is -2.69. The Morgan fingerprint density at radius 3 is 2.60 bits per heavy atom. The summed E-state index contributed by atoms with van der Waals surface area (Å²) in [7, 11) is 0. The Bertz CT molecular complexity index is 854. The van der Waals surface area contributed by atoms with Gasteiger partial charge in [0.25, 0.3) is 6.02 Å². The lowest BCUT2D eigenvalue weighted by atomic mass is 9.81. The van der Waals surface area contributed by atoms with Gasteiger partial charge in [0.05, 0.1) is 6.61 Å². The van der Waals surface area contributed by atoms with Gasteiger partial charge < -0.3 is 19.9 Å². The van der Waals surface area contributed by atoms with E-state index in [1.165, 1.54) is 0 Å². The van der Waals surface area contributed by atoms with Crippen LogP contribution in [0.25, 0.3) is 0 Å². The predicted molar refractivity (Wildman–Crippen MR) is 96.3 cm³/mol. The van der Waals surface area contributed by atoms with E-state index in [0.717, 1.165) is 28.4 Å². The zero-order valence-electron chi connectivity index (χ0n) is 14.7. The van der Waals surface area contributed by atoms with Gasteiger partial charge in [-0.25, -0.2) is 4.99 Å². The van der Waals surface area contributed by atoms with Gasteiger partial charge in [-0.1, -0.05) is 39.0 Å². The molecular weight excluding hydrogens is 316 g/mol. The van der Waals surface area contributed by atoms with Crippen molar-refractivity contribution in [3.8, 4) is 17.2 Å². The number of nitrogens with zero attached hydrogens (tertiary/aromatic N) is 1. The summed E-state index contributed by atoms with van der Waals surface area (Å²) in [6.07, 6.45) is 0. The molecule has 25 heavy (non-hydrogen) atoms. The SMILES string of the molecule is CC(C)(C)COc1ccc2c(c1)C1(COC(N)=N1)c1ccccc1O2. The third-order valence-electron chi connectivity index (χ3n) is 4.35. The highest BCUT2D eigenvalue weighted by atomic mass is 16.5. The van der Waals surface area contributed by atoms with Crippen LogP contribution in [-0.2, 0) is 10.3 Å². The van der Waals surface area contributed by atoms with Gasteiger partial charge in [-0.3, -0.25) is 0 Å². The van der Waals surface area contributed by atoms with Crippen LogP contribution in [-0.4, -0.2) is 19.2 Å². The number of amidine groups is 1. The molecule has 0 aliphatic carbocycles. The van der Waals surface area contributed by atoms with Gasteiger partial charge in [-0.05, 0) is 29.7 Å². The summed E-state index contributed by atoms with van der Waals surface area (Å²) in [5.41, 5.74) is 7.13.